The Labute approximate surface area is 139 Å². The average Bonchev–Trinajstić information content (AvgIpc) is 2.49. The van der Waals surface area contributed by atoms with Gasteiger partial charge in [0.25, 0.3) is 0 Å². The van der Waals surface area contributed by atoms with Crippen LogP contribution in [-0.4, -0.2) is 30.8 Å². The summed E-state index contributed by atoms with van der Waals surface area (Å²) in [5.41, 5.74) is 1.49. The molecule has 0 aromatic heterocycles. The van der Waals surface area contributed by atoms with Crippen molar-refractivity contribution in [3.63, 3.8) is 0 Å². The zero-order valence-corrected chi connectivity index (χ0v) is 14.4. The van der Waals surface area contributed by atoms with Crippen molar-refractivity contribution >= 4 is 6.03 Å². The maximum Gasteiger partial charge on any atom is 0.314 e. The van der Waals surface area contributed by atoms with Crippen LogP contribution in [0.1, 0.15) is 45.1 Å². The van der Waals surface area contributed by atoms with Crippen LogP contribution in [0.5, 0.6) is 0 Å². The largest absolute Gasteiger partial charge is 0.396 e. The highest BCUT2D eigenvalue weighted by Crippen LogP contribution is 2.43. The Kier molecular flexibility index (Phi) is 6.05. The molecule has 3 N–H and O–H groups in total. The number of nitrogens with one attached hydrogen (secondary N) is 2. The molecule has 128 valence electrons. The number of rotatable bonds is 8. The summed E-state index contributed by atoms with van der Waals surface area (Å²) in [6, 6.07) is 10.4. The van der Waals surface area contributed by atoms with E-state index in [1.807, 2.05) is 19.9 Å². The minimum absolute atomic E-state index is 0.0791. The van der Waals surface area contributed by atoms with Gasteiger partial charge in [0, 0.05) is 19.7 Å². The van der Waals surface area contributed by atoms with Crippen LogP contribution in [0.15, 0.2) is 30.3 Å². The molecule has 1 aromatic rings. The van der Waals surface area contributed by atoms with Crippen molar-refractivity contribution in [2.45, 2.75) is 46.0 Å². The SMILES string of the molecule is CC(C)(CCO)CNC(=O)NCC1(Cc2ccccc2)CCC1. The van der Waals surface area contributed by atoms with Gasteiger partial charge in [-0.2, -0.15) is 0 Å². The quantitative estimate of drug-likeness (QED) is 0.690. The molecule has 2 rings (SSSR count). The first-order chi connectivity index (χ1) is 10.9. The molecule has 4 nitrogen and oxygen atoms in total. The third kappa shape index (κ3) is 5.54. The molecule has 0 atom stereocenters. The number of carbonyl (C=O) groups is 1. The monoisotopic (exact) mass is 318 g/mol. The molecule has 1 saturated carbocycles. The summed E-state index contributed by atoms with van der Waals surface area (Å²) in [6.45, 7) is 5.55. The van der Waals surface area contributed by atoms with Crippen LogP contribution >= 0.6 is 0 Å². The molecular weight excluding hydrogens is 288 g/mol. The fourth-order valence-electron chi connectivity index (χ4n) is 3.16. The number of amides is 2. The summed E-state index contributed by atoms with van der Waals surface area (Å²) in [5.74, 6) is 0. The maximum absolute atomic E-state index is 12.0. The summed E-state index contributed by atoms with van der Waals surface area (Å²) in [5, 5.41) is 15.0. The van der Waals surface area contributed by atoms with E-state index in [1.165, 1.54) is 24.8 Å². The van der Waals surface area contributed by atoms with Crippen molar-refractivity contribution in [3.8, 4) is 0 Å². The molecule has 0 bridgehead atoms. The first-order valence-corrected chi connectivity index (χ1v) is 8.61. The van der Waals surface area contributed by atoms with Crippen molar-refractivity contribution in [3.05, 3.63) is 35.9 Å². The molecule has 0 spiro atoms. The molecule has 1 aromatic carbocycles. The maximum atomic E-state index is 12.0. The second-order valence-corrected chi connectivity index (χ2v) is 7.69. The standard InChI is InChI=1S/C19H30N2O2/c1-18(2,11-12-22)14-20-17(23)21-15-19(9-6-10-19)13-16-7-4-3-5-8-16/h3-5,7-8,22H,6,9-15H2,1-2H3,(H2,20,21,23). The predicted molar refractivity (Wildman–Crippen MR) is 93.3 cm³/mol. The minimum atomic E-state index is -0.102. The second-order valence-electron chi connectivity index (χ2n) is 7.69. The molecule has 0 unspecified atom stereocenters. The molecule has 0 radical (unpaired) electrons. The Morgan fingerprint density at radius 2 is 1.91 bits per heavy atom. The van der Waals surface area contributed by atoms with Crippen LogP contribution in [0.4, 0.5) is 4.79 Å². The van der Waals surface area contributed by atoms with Gasteiger partial charge in [0.2, 0.25) is 0 Å². The molecule has 0 heterocycles. The molecule has 1 aliphatic rings. The zero-order valence-electron chi connectivity index (χ0n) is 14.4. The van der Waals surface area contributed by atoms with Crippen LogP contribution in [0, 0.1) is 10.8 Å². The Hall–Kier alpha value is -1.55. The van der Waals surface area contributed by atoms with E-state index in [0.717, 1.165) is 13.0 Å². The lowest BCUT2D eigenvalue weighted by molar-refractivity contribution is 0.131. The van der Waals surface area contributed by atoms with E-state index in [1.54, 1.807) is 0 Å². The van der Waals surface area contributed by atoms with Crippen LogP contribution < -0.4 is 10.6 Å². The topological polar surface area (TPSA) is 61.4 Å². The lowest BCUT2D eigenvalue weighted by Crippen LogP contribution is -2.48. The van der Waals surface area contributed by atoms with Crippen molar-refractivity contribution in [2.24, 2.45) is 10.8 Å². The van der Waals surface area contributed by atoms with Gasteiger partial charge in [-0.25, -0.2) is 4.79 Å². The van der Waals surface area contributed by atoms with Gasteiger partial charge in [0.05, 0.1) is 0 Å². The normalized spacial score (nSPS) is 16.5. The number of aliphatic hydroxyl groups is 1. The lowest BCUT2D eigenvalue weighted by atomic mass is 9.65. The lowest BCUT2D eigenvalue weighted by Gasteiger charge is -2.42. The van der Waals surface area contributed by atoms with E-state index in [-0.39, 0.29) is 23.5 Å². The van der Waals surface area contributed by atoms with Crippen LogP contribution in [0.25, 0.3) is 0 Å². The van der Waals surface area contributed by atoms with Crippen molar-refractivity contribution in [1.29, 1.82) is 0 Å². The van der Waals surface area contributed by atoms with Gasteiger partial charge >= 0.3 is 6.03 Å². The van der Waals surface area contributed by atoms with Crippen LogP contribution in [-0.2, 0) is 6.42 Å². The van der Waals surface area contributed by atoms with E-state index in [0.29, 0.717) is 13.0 Å². The molecular formula is C19H30N2O2. The fourth-order valence-corrected chi connectivity index (χ4v) is 3.16. The molecule has 0 aliphatic heterocycles. The molecule has 23 heavy (non-hydrogen) atoms. The van der Waals surface area contributed by atoms with E-state index < -0.39 is 0 Å². The third-order valence-electron chi connectivity index (χ3n) is 4.98. The minimum Gasteiger partial charge on any atom is -0.396 e. The van der Waals surface area contributed by atoms with E-state index >= 15 is 0 Å². The highest BCUT2D eigenvalue weighted by molar-refractivity contribution is 5.73. The Bertz CT molecular complexity index is 495. The van der Waals surface area contributed by atoms with Gasteiger partial charge in [-0.05, 0) is 42.1 Å². The number of urea groups is 1. The van der Waals surface area contributed by atoms with Gasteiger partial charge in [-0.3, -0.25) is 0 Å². The molecule has 4 heteroatoms. The second kappa shape index (κ2) is 7.82. The van der Waals surface area contributed by atoms with Gasteiger partial charge in [-0.1, -0.05) is 50.6 Å². The summed E-state index contributed by atoms with van der Waals surface area (Å²) >= 11 is 0. The summed E-state index contributed by atoms with van der Waals surface area (Å²) in [7, 11) is 0. The van der Waals surface area contributed by atoms with E-state index in [2.05, 4.69) is 34.9 Å². The predicted octanol–water partition coefficient (Wildman–Crippen LogP) is 3.11. The van der Waals surface area contributed by atoms with Crippen molar-refractivity contribution in [1.82, 2.24) is 10.6 Å². The first kappa shape index (κ1) is 17.8. The Balaban J connectivity index is 1.78. The van der Waals surface area contributed by atoms with Gasteiger partial charge in [-0.15, -0.1) is 0 Å². The summed E-state index contributed by atoms with van der Waals surface area (Å²) < 4.78 is 0. The van der Waals surface area contributed by atoms with Gasteiger partial charge in [0.15, 0.2) is 0 Å². The summed E-state index contributed by atoms with van der Waals surface area (Å²) in [4.78, 5) is 12.0. The molecule has 0 saturated heterocycles. The number of carbonyl (C=O) groups excluding carboxylic acids is 1. The fraction of sp³-hybridized carbons (Fsp3) is 0.632. The van der Waals surface area contributed by atoms with Crippen molar-refractivity contribution < 1.29 is 9.90 Å². The van der Waals surface area contributed by atoms with Gasteiger partial charge < -0.3 is 15.7 Å². The number of benzene rings is 1. The number of hydrogen-bond donors (Lipinski definition) is 3. The van der Waals surface area contributed by atoms with Crippen LogP contribution in [0.2, 0.25) is 0 Å². The highest BCUT2D eigenvalue weighted by atomic mass is 16.3. The molecule has 2 amide bonds. The first-order valence-electron chi connectivity index (χ1n) is 8.61. The molecule has 1 fully saturated rings. The smallest absolute Gasteiger partial charge is 0.314 e. The summed E-state index contributed by atoms with van der Waals surface area (Å²) in [6.07, 6.45) is 5.32. The van der Waals surface area contributed by atoms with Gasteiger partial charge in [0.1, 0.15) is 0 Å². The number of hydrogen-bond acceptors (Lipinski definition) is 2. The zero-order chi connectivity index (χ0) is 16.8. The van der Waals surface area contributed by atoms with Crippen molar-refractivity contribution in [2.75, 3.05) is 19.7 Å². The average molecular weight is 318 g/mol. The molecule has 1 aliphatic carbocycles. The van der Waals surface area contributed by atoms with E-state index in [9.17, 15) is 4.79 Å². The third-order valence-corrected chi connectivity index (χ3v) is 4.98. The highest BCUT2D eigenvalue weighted by Gasteiger charge is 2.37. The van der Waals surface area contributed by atoms with Crippen LogP contribution in [0.3, 0.4) is 0 Å². The number of aliphatic hydroxyl groups excluding tert-OH is 1. The Morgan fingerprint density at radius 1 is 1.22 bits per heavy atom. The van der Waals surface area contributed by atoms with E-state index in [4.69, 9.17) is 5.11 Å². The Morgan fingerprint density at radius 3 is 2.48 bits per heavy atom.